The van der Waals surface area contributed by atoms with Crippen molar-refractivity contribution < 1.29 is 9.53 Å². The number of benzene rings is 1. The van der Waals surface area contributed by atoms with Gasteiger partial charge in [-0.25, -0.2) is 0 Å². The molecule has 4 nitrogen and oxygen atoms in total. The maximum Gasteiger partial charge on any atom is 0.223 e. The Bertz CT molecular complexity index is 447. The highest BCUT2D eigenvalue weighted by molar-refractivity contribution is 8.00. The molecule has 1 aromatic rings. The van der Waals surface area contributed by atoms with Crippen molar-refractivity contribution in [2.45, 2.75) is 24.0 Å². The summed E-state index contributed by atoms with van der Waals surface area (Å²) in [5, 5.41) is 2.97. The van der Waals surface area contributed by atoms with Gasteiger partial charge in [0.2, 0.25) is 5.91 Å². The number of hydrogen-bond donors (Lipinski definition) is 2. The normalized spacial score (nSPS) is 15.8. The van der Waals surface area contributed by atoms with Crippen LogP contribution in [0.15, 0.2) is 24.3 Å². The van der Waals surface area contributed by atoms with E-state index in [1.807, 2.05) is 23.9 Å². The maximum absolute atomic E-state index is 11.7. The van der Waals surface area contributed by atoms with Gasteiger partial charge in [-0.15, -0.1) is 0 Å². The number of ether oxygens (including phenoxy) is 1. The zero-order valence-corrected chi connectivity index (χ0v) is 12.0. The Kier molecular flexibility index (Phi) is 4.58. The number of amides is 1. The van der Waals surface area contributed by atoms with Crippen LogP contribution in [0.4, 0.5) is 5.69 Å². The molecule has 1 aliphatic carbocycles. The van der Waals surface area contributed by atoms with Crippen LogP contribution in [0.1, 0.15) is 19.3 Å². The highest BCUT2D eigenvalue weighted by Crippen LogP contribution is 2.46. The summed E-state index contributed by atoms with van der Waals surface area (Å²) in [6.07, 6.45) is 4.86. The van der Waals surface area contributed by atoms with E-state index in [-0.39, 0.29) is 5.91 Å². The summed E-state index contributed by atoms with van der Waals surface area (Å²) in [5.41, 5.74) is 6.35. The van der Waals surface area contributed by atoms with Crippen molar-refractivity contribution in [3.63, 3.8) is 0 Å². The van der Waals surface area contributed by atoms with Crippen LogP contribution in [0, 0.1) is 0 Å². The Labute approximate surface area is 118 Å². The van der Waals surface area contributed by atoms with Crippen LogP contribution >= 0.6 is 11.8 Å². The number of thioether (sulfide) groups is 1. The van der Waals surface area contributed by atoms with Gasteiger partial charge in [-0.2, -0.15) is 11.8 Å². The van der Waals surface area contributed by atoms with E-state index < -0.39 is 0 Å². The number of nitrogen functional groups attached to an aromatic ring is 1. The first-order valence-corrected chi connectivity index (χ1v) is 7.67. The lowest BCUT2D eigenvalue weighted by Crippen LogP contribution is -2.32. The molecule has 0 saturated heterocycles. The van der Waals surface area contributed by atoms with Gasteiger partial charge in [0.1, 0.15) is 5.75 Å². The van der Waals surface area contributed by atoms with Crippen molar-refractivity contribution >= 4 is 23.4 Å². The van der Waals surface area contributed by atoms with Gasteiger partial charge in [-0.3, -0.25) is 4.79 Å². The molecular weight excluding hydrogens is 260 g/mol. The SMILES string of the molecule is CSC1(CNC(=O)CCOc2ccccc2N)CC1. The van der Waals surface area contributed by atoms with E-state index in [0.717, 1.165) is 6.54 Å². The van der Waals surface area contributed by atoms with E-state index in [1.165, 1.54) is 12.8 Å². The average Bonchev–Trinajstić information content (AvgIpc) is 3.19. The standard InChI is InChI=1S/C14H20N2O2S/c1-19-14(7-8-14)10-16-13(17)6-9-18-12-5-3-2-4-11(12)15/h2-5H,6-10,15H2,1H3,(H,16,17). The Balaban J connectivity index is 1.65. The fourth-order valence-corrected chi connectivity index (χ4v) is 2.53. The predicted octanol–water partition coefficient (Wildman–Crippen LogP) is 2.05. The third-order valence-corrected chi connectivity index (χ3v) is 4.77. The van der Waals surface area contributed by atoms with Crippen molar-refractivity contribution in [2.75, 3.05) is 25.1 Å². The number of nitrogens with two attached hydrogens (primary N) is 1. The molecule has 0 aromatic heterocycles. The molecule has 2 rings (SSSR count). The zero-order chi connectivity index (χ0) is 13.7. The summed E-state index contributed by atoms with van der Waals surface area (Å²) in [7, 11) is 0. The van der Waals surface area contributed by atoms with Crippen molar-refractivity contribution in [1.29, 1.82) is 0 Å². The molecule has 1 aromatic carbocycles. The molecular formula is C14H20N2O2S. The second-order valence-electron chi connectivity index (χ2n) is 4.80. The van der Waals surface area contributed by atoms with Gasteiger partial charge >= 0.3 is 0 Å². The molecule has 0 bridgehead atoms. The highest BCUT2D eigenvalue weighted by atomic mass is 32.2. The van der Waals surface area contributed by atoms with E-state index in [9.17, 15) is 4.79 Å². The number of nitrogens with one attached hydrogen (secondary N) is 1. The molecule has 19 heavy (non-hydrogen) atoms. The number of carbonyl (C=O) groups excluding carboxylic acids is 1. The first kappa shape index (κ1) is 14.1. The van der Waals surface area contributed by atoms with E-state index in [2.05, 4.69) is 11.6 Å². The minimum Gasteiger partial charge on any atom is -0.491 e. The molecule has 104 valence electrons. The van der Waals surface area contributed by atoms with Crippen LogP contribution in [0.2, 0.25) is 0 Å². The molecule has 0 aliphatic heterocycles. The Morgan fingerprint density at radius 2 is 2.21 bits per heavy atom. The number of carbonyl (C=O) groups is 1. The summed E-state index contributed by atoms with van der Waals surface area (Å²) in [5.74, 6) is 0.674. The highest BCUT2D eigenvalue weighted by Gasteiger charge is 2.41. The minimum absolute atomic E-state index is 0.0369. The van der Waals surface area contributed by atoms with Crippen LogP contribution in [0.3, 0.4) is 0 Å². The van der Waals surface area contributed by atoms with E-state index in [0.29, 0.717) is 29.2 Å². The molecule has 1 saturated carbocycles. The quantitative estimate of drug-likeness (QED) is 0.750. The van der Waals surface area contributed by atoms with Gasteiger partial charge in [0.05, 0.1) is 18.7 Å². The van der Waals surface area contributed by atoms with E-state index >= 15 is 0 Å². The fraction of sp³-hybridized carbons (Fsp3) is 0.500. The van der Waals surface area contributed by atoms with Crippen molar-refractivity contribution in [2.24, 2.45) is 0 Å². The van der Waals surface area contributed by atoms with Gasteiger partial charge in [-0.1, -0.05) is 12.1 Å². The molecule has 1 fully saturated rings. The molecule has 1 amide bonds. The number of hydrogen-bond acceptors (Lipinski definition) is 4. The summed E-state index contributed by atoms with van der Waals surface area (Å²) in [6.45, 7) is 1.12. The third kappa shape index (κ3) is 4.06. The smallest absolute Gasteiger partial charge is 0.223 e. The lowest BCUT2D eigenvalue weighted by atomic mass is 10.3. The molecule has 0 radical (unpaired) electrons. The minimum atomic E-state index is 0.0369. The summed E-state index contributed by atoms with van der Waals surface area (Å²) < 4.78 is 5.80. The Hall–Kier alpha value is -1.36. The van der Waals surface area contributed by atoms with Crippen molar-refractivity contribution in [3.05, 3.63) is 24.3 Å². The van der Waals surface area contributed by atoms with Crippen LogP contribution < -0.4 is 15.8 Å². The maximum atomic E-state index is 11.7. The second-order valence-corrected chi connectivity index (χ2v) is 6.07. The zero-order valence-electron chi connectivity index (χ0n) is 11.1. The summed E-state index contributed by atoms with van der Waals surface area (Å²) in [4.78, 5) is 11.7. The van der Waals surface area contributed by atoms with Crippen LogP contribution in [0.5, 0.6) is 5.75 Å². The molecule has 1 aliphatic rings. The largest absolute Gasteiger partial charge is 0.491 e. The van der Waals surface area contributed by atoms with Crippen molar-refractivity contribution in [3.8, 4) is 5.75 Å². The van der Waals surface area contributed by atoms with Gasteiger partial charge < -0.3 is 15.8 Å². The number of para-hydroxylation sites is 2. The Morgan fingerprint density at radius 1 is 1.47 bits per heavy atom. The van der Waals surface area contributed by atoms with Crippen molar-refractivity contribution in [1.82, 2.24) is 5.32 Å². The van der Waals surface area contributed by atoms with E-state index in [1.54, 1.807) is 12.1 Å². The lowest BCUT2D eigenvalue weighted by Gasteiger charge is -2.13. The second kappa shape index (κ2) is 6.19. The molecule has 5 heteroatoms. The predicted molar refractivity (Wildman–Crippen MR) is 79.5 cm³/mol. The van der Waals surface area contributed by atoms with Gasteiger partial charge in [0.15, 0.2) is 0 Å². The monoisotopic (exact) mass is 280 g/mol. The van der Waals surface area contributed by atoms with Gasteiger partial charge in [0, 0.05) is 11.3 Å². The van der Waals surface area contributed by atoms with Crippen LogP contribution in [0.25, 0.3) is 0 Å². The first-order chi connectivity index (χ1) is 9.15. The molecule has 0 heterocycles. The molecule has 0 atom stereocenters. The number of rotatable bonds is 7. The average molecular weight is 280 g/mol. The van der Waals surface area contributed by atoms with Gasteiger partial charge in [0.25, 0.3) is 0 Å². The van der Waals surface area contributed by atoms with Crippen LogP contribution in [-0.4, -0.2) is 30.1 Å². The van der Waals surface area contributed by atoms with Gasteiger partial charge in [-0.05, 0) is 31.2 Å². The summed E-state index contributed by atoms with van der Waals surface area (Å²) in [6, 6.07) is 7.30. The molecule has 0 unspecified atom stereocenters. The third-order valence-electron chi connectivity index (χ3n) is 3.35. The first-order valence-electron chi connectivity index (χ1n) is 6.44. The fourth-order valence-electron chi connectivity index (χ4n) is 1.81. The Morgan fingerprint density at radius 3 is 2.84 bits per heavy atom. The molecule has 3 N–H and O–H groups in total. The summed E-state index contributed by atoms with van der Waals surface area (Å²) >= 11 is 1.84. The lowest BCUT2D eigenvalue weighted by molar-refractivity contribution is -0.121. The molecule has 0 spiro atoms. The van der Waals surface area contributed by atoms with E-state index in [4.69, 9.17) is 10.5 Å². The van der Waals surface area contributed by atoms with Crippen LogP contribution in [-0.2, 0) is 4.79 Å². The topological polar surface area (TPSA) is 64.3 Å². The number of anilines is 1.